The van der Waals surface area contributed by atoms with Crippen molar-refractivity contribution < 1.29 is 18.4 Å². The first-order chi connectivity index (χ1) is 12.0. The second kappa shape index (κ2) is 7.33. The minimum atomic E-state index is -1.05. The fourth-order valence-electron chi connectivity index (χ4n) is 3.50. The Labute approximate surface area is 145 Å². The third-order valence-corrected chi connectivity index (χ3v) is 4.80. The number of amides is 2. The van der Waals surface area contributed by atoms with Crippen LogP contribution in [0.15, 0.2) is 30.9 Å². The van der Waals surface area contributed by atoms with Crippen LogP contribution in [0.25, 0.3) is 0 Å². The summed E-state index contributed by atoms with van der Waals surface area (Å²) in [5.41, 5.74) is 0.148. The van der Waals surface area contributed by atoms with Gasteiger partial charge in [0.25, 0.3) is 0 Å². The molecule has 0 aliphatic heterocycles. The molecule has 4 nitrogen and oxygen atoms in total. The van der Waals surface area contributed by atoms with Gasteiger partial charge in [-0.1, -0.05) is 19.4 Å². The summed E-state index contributed by atoms with van der Waals surface area (Å²) in [5, 5.41) is 2.95. The highest BCUT2D eigenvalue weighted by atomic mass is 19.1. The van der Waals surface area contributed by atoms with Crippen LogP contribution in [-0.4, -0.2) is 28.8 Å². The van der Waals surface area contributed by atoms with Crippen LogP contribution in [0, 0.1) is 11.6 Å². The van der Waals surface area contributed by atoms with E-state index in [-0.39, 0.29) is 23.6 Å². The third-order valence-electron chi connectivity index (χ3n) is 4.80. The van der Waals surface area contributed by atoms with Crippen molar-refractivity contribution in [1.82, 2.24) is 10.2 Å². The predicted octanol–water partition coefficient (Wildman–Crippen LogP) is 3.24. The largest absolute Gasteiger partial charge is 0.351 e. The van der Waals surface area contributed by atoms with E-state index in [1.54, 1.807) is 0 Å². The van der Waals surface area contributed by atoms with Crippen LogP contribution < -0.4 is 5.32 Å². The second-order valence-corrected chi connectivity index (χ2v) is 6.78. The number of hydrogen-bond donors (Lipinski definition) is 1. The normalized spacial score (nSPS) is 18.6. The third kappa shape index (κ3) is 4.06. The molecule has 0 heterocycles. The van der Waals surface area contributed by atoms with E-state index in [0.29, 0.717) is 0 Å². The van der Waals surface area contributed by atoms with Crippen molar-refractivity contribution in [3.05, 3.63) is 48.1 Å². The van der Waals surface area contributed by atoms with Gasteiger partial charge in [0.2, 0.25) is 11.8 Å². The highest BCUT2D eigenvalue weighted by molar-refractivity contribution is 5.93. The van der Waals surface area contributed by atoms with E-state index in [0.717, 1.165) is 62.8 Å². The molecule has 0 bridgehead atoms. The standard InChI is InChI=1S/C19H22F2N2O2/c1-2-17(24)23(16-7-8-16)18(12-9-13(20)11-14(21)10-12)19(25)22-15-5-3-4-6-15/h2,9-11,15-16,18H,1,3-8H2,(H,22,25)/t18-/m1/s1. The summed E-state index contributed by atoms with van der Waals surface area (Å²) < 4.78 is 27.4. The zero-order valence-corrected chi connectivity index (χ0v) is 14.0. The van der Waals surface area contributed by atoms with Gasteiger partial charge in [-0.3, -0.25) is 9.59 Å². The monoisotopic (exact) mass is 348 g/mol. The van der Waals surface area contributed by atoms with Gasteiger partial charge in [0.1, 0.15) is 17.7 Å². The van der Waals surface area contributed by atoms with Crippen LogP contribution in [0.2, 0.25) is 0 Å². The van der Waals surface area contributed by atoms with Crippen molar-refractivity contribution in [3.63, 3.8) is 0 Å². The molecule has 0 aromatic heterocycles. The average Bonchev–Trinajstić information content (AvgIpc) is 3.27. The van der Waals surface area contributed by atoms with E-state index < -0.39 is 23.6 Å². The second-order valence-electron chi connectivity index (χ2n) is 6.78. The summed E-state index contributed by atoms with van der Waals surface area (Å²) >= 11 is 0. The topological polar surface area (TPSA) is 49.4 Å². The number of benzene rings is 1. The van der Waals surface area contributed by atoms with Crippen LogP contribution in [0.4, 0.5) is 8.78 Å². The molecule has 1 atom stereocenters. The molecule has 2 fully saturated rings. The Morgan fingerprint density at radius 1 is 1.12 bits per heavy atom. The van der Waals surface area contributed by atoms with Gasteiger partial charge >= 0.3 is 0 Å². The molecular weight excluding hydrogens is 326 g/mol. The van der Waals surface area contributed by atoms with Crippen molar-refractivity contribution in [1.29, 1.82) is 0 Å². The number of rotatable bonds is 6. The Morgan fingerprint density at radius 2 is 1.72 bits per heavy atom. The van der Waals surface area contributed by atoms with E-state index in [2.05, 4.69) is 11.9 Å². The van der Waals surface area contributed by atoms with Gasteiger partial charge in [-0.2, -0.15) is 0 Å². The fourth-order valence-corrected chi connectivity index (χ4v) is 3.50. The first-order valence-electron chi connectivity index (χ1n) is 8.70. The van der Waals surface area contributed by atoms with Gasteiger partial charge in [0, 0.05) is 18.2 Å². The van der Waals surface area contributed by atoms with Crippen molar-refractivity contribution in [2.45, 2.75) is 56.7 Å². The molecule has 134 valence electrons. The molecule has 1 aromatic rings. The Hall–Kier alpha value is -2.24. The van der Waals surface area contributed by atoms with Gasteiger partial charge in [-0.05, 0) is 49.5 Å². The minimum absolute atomic E-state index is 0.0493. The molecule has 2 aliphatic rings. The number of nitrogens with one attached hydrogen (secondary N) is 1. The number of halogens is 2. The van der Waals surface area contributed by atoms with E-state index in [9.17, 15) is 18.4 Å². The maximum absolute atomic E-state index is 13.7. The quantitative estimate of drug-likeness (QED) is 0.803. The molecule has 0 radical (unpaired) electrons. The predicted molar refractivity (Wildman–Crippen MR) is 89.6 cm³/mol. The molecule has 2 amide bonds. The lowest BCUT2D eigenvalue weighted by atomic mass is 10.0. The Bertz CT molecular complexity index is 662. The number of hydrogen-bond acceptors (Lipinski definition) is 2. The van der Waals surface area contributed by atoms with Crippen LogP contribution >= 0.6 is 0 Å². The summed E-state index contributed by atoms with van der Waals surface area (Å²) in [6.45, 7) is 3.49. The Balaban J connectivity index is 1.95. The number of carbonyl (C=O) groups excluding carboxylic acids is 2. The first kappa shape index (κ1) is 17.6. The zero-order valence-electron chi connectivity index (χ0n) is 14.0. The van der Waals surface area contributed by atoms with Crippen molar-refractivity contribution >= 4 is 11.8 Å². The molecular formula is C19H22F2N2O2. The summed E-state index contributed by atoms with van der Waals surface area (Å²) in [4.78, 5) is 26.7. The van der Waals surface area contributed by atoms with Gasteiger partial charge in [-0.25, -0.2) is 8.78 Å². The van der Waals surface area contributed by atoms with Crippen molar-refractivity contribution in [3.8, 4) is 0 Å². The molecule has 25 heavy (non-hydrogen) atoms. The van der Waals surface area contributed by atoms with Crippen LogP contribution in [-0.2, 0) is 9.59 Å². The van der Waals surface area contributed by atoms with Crippen LogP contribution in [0.1, 0.15) is 50.1 Å². The minimum Gasteiger partial charge on any atom is -0.351 e. The summed E-state index contributed by atoms with van der Waals surface area (Å²) in [6.07, 6.45) is 6.53. The zero-order chi connectivity index (χ0) is 18.0. The molecule has 6 heteroatoms. The van der Waals surface area contributed by atoms with E-state index >= 15 is 0 Å². The summed E-state index contributed by atoms with van der Waals surface area (Å²) in [6, 6.07) is 1.89. The molecule has 2 aliphatic carbocycles. The Morgan fingerprint density at radius 3 is 2.24 bits per heavy atom. The van der Waals surface area contributed by atoms with Crippen LogP contribution in [0.5, 0.6) is 0 Å². The lowest BCUT2D eigenvalue weighted by molar-refractivity contribution is -0.138. The lowest BCUT2D eigenvalue weighted by Gasteiger charge is -2.31. The highest BCUT2D eigenvalue weighted by Crippen LogP contribution is 2.36. The van der Waals surface area contributed by atoms with Gasteiger partial charge in [0.05, 0.1) is 0 Å². The molecule has 0 saturated heterocycles. The average molecular weight is 348 g/mol. The van der Waals surface area contributed by atoms with Crippen molar-refractivity contribution in [2.75, 3.05) is 0 Å². The fraction of sp³-hybridized carbons (Fsp3) is 0.474. The smallest absolute Gasteiger partial charge is 0.247 e. The molecule has 1 N–H and O–H groups in total. The highest BCUT2D eigenvalue weighted by Gasteiger charge is 2.41. The Kier molecular flexibility index (Phi) is 5.16. The lowest BCUT2D eigenvalue weighted by Crippen LogP contribution is -2.46. The van der Waals surface area contributed by atoms with E-state index in [4.69, 9.17) is 0 Å². The SMILES string of the molecule is C=CC(=O)N(C1CC1)[C@@H](C(=O)NC1CCCC1)c1cc(F)cc(F)c1. The van der Waals surface area contributed by atoms with Crippen LogP contribution in [0.3, 0.4) is 0 Å². The summed E-state index contributed by atoms with van der Waals surface area (Å²) in [5.74, 6) is -2.33. The van der Waals surface area contributed by atoms with Gasteiger partial charge in [-0.15, -0.1) is 0 Å². The van der Waals surface area contributed by atoms with Gasteiger partial charge in [0.15, 0.2) is 0 Å². The first-order valence-corrected chi connectivity index (χ1v) is 8.70. The van der Waals surface area contributed by atoms with Crippen molar-refractivity contribution in [2.24, 2.45) is 0 Å². The molecule has 2 saturated carbocycles. The maximum atomic E-state index is 13.7. The maximum Gasteiger partial charge on any atom is 0.247 e. The molecule has 0 unspecified atom stereocenters. The number of carbonyl (C=O) groups is 2. The van der Waals surface area contributed by atoms with E-state index in [1.807, 2.05) is 0 Å². The molecule has 1 aromatic carbocycles. The van der Waals surface area contributed by atoms with Gasteiger partial charge < -0.3 is 10.2 Å². The summed E-state index contributed by atoms with van der Waals surface area (Å²) in [7, 11) is 0. The molecule has 3 rings (SSSR count). The van der Waals surface area contributed by atoms with E-state index in [1.165, 1.54) is 4.90 Å². The number of nitrogens with zero attached hydrogens (tertiary/aromatic N) is 1. The molecule has 0 spiro atoms.